The van der Waals surface area contributed by atoms with Gasteiger partial charge in [0, 0.05) is 52.5 Å². The highest BCUT2D eigenvalue weighted by Crippen LogP contribution is 2.48. The Morgan fingerprint density at radius 2 is 1.30 bits per heavy atom. The van der Waals surface area contributed by atoms with Gasteiger partial charge in [0.25, 0.3) is 0 Å². The molecule has 0 fully saturated rings. The zero-order valence-electron chi connectivity index (χ0n) is 32.0. The molecule has 4 aromatic heterocycles. The van der Waals surface area contributed by atoms with E-state index in [1.165, 1.54) is 17.4 Å². The van der Waals surface area contributed by atoms with Crippen LogP contribution in [-0.2, 0) is 23.0 Å². The maximum atomic E-state index is 16.2. The summed E-state index contributed by atoms with van der Waals surface area (Å²) in [5.74, 6) is 0.303. The molecule has 0 bridgehead atoms. The smallest absolute Gasteiger partial charge is 0.304 e. The van der Waals surface area contributed by atoms with Gasteiger partial charge in [-0.2, -0.15) is 8.42 Å². The molecule has 6 aromatic rings. The Bertz CT molecular complexity index is 2770. The van der Waals surface area contributed by atoms with E-state index in [4.69, 9.17) is 55.9 Å². The predicted octanol–water partition coefficient (Wildman–Crippen LogP) is 13.3. The number of hydrogen-bond donors (Lipinski definition) is 1. The van der Waals surface area contributed by atoms with E-state index in [9.17, 15) is 13.0 Å². The van der Waals surface area contributed by atoms with Gasteiger partial charge in [0.1, 0.15) is 23.2 Å². The van der Waals surface area contributed by atoms with Crippen LogP contribution in [0.3, 0.4) is 0 Å². The second kappa shape index (κ2) is 18.0. The first-order chi connectivity index (χ1) is 28.8. The van der Waals surface area contributed by atoms with Crippen molar-refractivity contribution in [1.29, 1.82) is 0 Å². The average Bonchev–Trinajstić information content (AvgIpc) is 3.96. The third-order valence-electron chi connectivity index (χ3n) is 10.4. The molecule has 0 atom stereocenters. The number of allylic oxidation sites excluding steroid dienone is 2. The molecule has 0 amide bonds. The highest BCUT2D eigenvalue weighted by atomic mass is 35.5. The SMILES string of the molecule is CN(CCCC=C(F)c1cn(-c2ccc(Cl)cc2Cl)c2c1CCOc1ccsc1-2)CCCC=C(F)c1cn(-c2ccc(Cl)cc2Cl)c2c1CCOc1cc(S(=O)(=O)O)sc1-2. The standard InChI is InChI=1S/C43H37Cl4F2N3O5S3/c1-50(15-4-2-6-33(48)29-23-51(35-10-8-25(44)20-31(35)46)40-27(29)12-17-56-37-14-19-58-42(37)40)16-5-3-7-34(49)30-24-52(36-11-9-26(45)21-32(36)47)41-28(30)13-18-57-38-22-39(59-43(38)41)60(53,54)55/h6-11,14,19-24H,2-5,12-13,15-18H2,1H3,(H,53,54,55). The van der Waals surface area contributed by atoms with Gasteiger partial charge >= 0.3 is 10.1 Å². The molecule has 17 heteroatoms. The number of nitrogens with zero attached hydrogens (tertiary/aromatic N) is 3. The lowest BCUT2D eigenvalue weighted by molar-refractivity contribution is 0.326. The summed E-state index contributed by atoms with van der Waals surface area (Å²) in [5.41, 5.74) is 4.95. The van der Waals surface area contributed by atoms with E-state index in [-0.39, 0.29) is 22.4 Å². The monoisotopic (exact) mass is 949 g/mol. The zero-order valence-corrected chi connectivity index (χ0v) is 37.5. The molecule has 2 aliphatic heterocycles. The predicted molar refractivity (Wildman–Crippen MR) is 241 cm³/mol. The Morgan fingerprint density at radius 1 is 0.783 bits per heavy atom. The summed E-state index contributed by atoms with van der Waals surface area (Å²) in [7, 11) is -2.52. The van der Waals surface area contributed by atoms with Crippen LogP contribution >= 0.6 is 69.1 Å². The van der Waals surface area contributed by atoms with Crippen molar-refractivity contribution in [2.45, 2.75) is 42.7 Å². The summed E-state index contributed by atoms with van der Waals surface area (Å²) in [4.78, 5) is 3.49. The van der Waals surface area contributed by atoms with Crippen molar-refractivity contribution in [1.82, 2.24) is 14.0 Å². The summed E-state index contributed by atoms with van der Waals surface area (Å²) < 4.78 is 81.4. The van der Waals surface area contributed by atoms with E-state index in [1.54, 1.807) is 53.2 Å². The van der Waals surface area contributed by atoms with Crippen LogP contribution in [-0.4, -0.2) is 60.4 Å². The first-order valence-corrected chi connectivity index (χ1v) is 23.7. The number of unbranched alkanes of at least 4 members (excludes halogenated alkanes) is 2. The van der Waals surface area contributed by atoms with Crippen LogP contribution in [0.25, 0.3) is 44.2 Å². The molecule has 8 nitrogen and oxygen atoms in total. The molecule has 2 aromatic carbocycles. The highest BCUT2D eigenvalue weighted by Gasteiger charge is 2.31. The largest absolute Gasteiger partial charge is 0.492 e. The second-order valence-electron chi connectivity index (χ2n) is 14.4. The molecule has 1 N–H and O–H groups in total. The van der Waals surface area contributed by atoms with Crippen LogP contribution in [0.1, 0.15) is 47.9 Å². The van der Waals surface area contributed by atoms with Crippen LogP contribution in [0, 0.1) is 0 Å². The van der Waals surface area contributed by atoms with E-state index in [2.05, 4.69) is 4.90 Å². The lowest BCUT2D eigenvalue weighted by atomic mass is 10.0. The van der Waals surface area contributed by atoms with Crippen molar-refractivity contribution < 1.29 is 31.2 Å². The number of rotatable bonds is 13. The molecule has 2 aliphatic rings. The van der Waals surface area contributed by atoms with Crippen LogP contribution < -0.4 is 9.47 Å². The minimum Gasteiger partial charge on any atom is -0.492 e. The molecule has 0 radical (unpaired) electrons. The van der Waals surface area contributed by atoms with E-state index in [0.29, 0.717) is 104 Å². The highest BCUT2D eigenvalue weighted by molar-refractivity contribution is 7.88. The van der Waals surface area contributed by atoms with Gasteiger partial charge in [0.15, 0.2) is 4.21 Å². The molecule has 0 saturated carbocycles. The number of ether oxygens (including phenoxy) is 2. The first kappa shape index (κ1) is 43.0. The first-order valence-electron chi connectivity index (χ1n) is 19.0. The maximum Gasteiger partial charge on any atom is 0.304 e. The van der Waals surface area contributed by atoms with Crippen LogP contribution in [0.5, 0.6) is 11.5 Å². The quantitative estimate of drug-likeness (QED) is 0.0917. The molecule has 0 spiro atoms. The van der Waals surface area contributed by atoms with Crippen molar-refractivity contribution in [3.8, 4) is 44.0 Å². The van der Waals surface area contributed by atoms with E-state index >= 15 is 8.78 Å². The average molecular weight is 952 g/mol. The minimum atomic E-state index is -4.51. The van der Waals surface area contributed by atoms with Crippen molar-refractivity contribution in [3.05, 3.63) is 121 Å². The Balaban J connectivity index is 0.936. The van der Waals surface area contributed by atoms with Gasteiger partial charge in [0.05, 0.1) is 55.8 Å². The maximum absolute atomic E-state index is 16.2. The van der Waals surface area contributed by atoms with Gasteiger partial charge in [-0.25, -0.2) is 8.78 Å². The molecule has 6 heterocycles. The number of fused-ring (bicyclic) bond motifs is 6. The molecular weight excluding hydrogens is 914 g/mol. The van der Waals surface area contributed by atoms with Gasteiger partial charge in [0.2, 0.25) is 0 Å². The van der Waals surface area contributed by atoms with Crippen molar-refractivity contribution in [2.75, 3.05) is 33.4 Å². The van der Waals surface area contributed by atoms with Crippen molar-refractivity contribution >= 4 is 90.8 Å². The zero-order chi connectivity index (χ0) is 42.3. The third kappa shape index (κ3) is 8.84. The third-order valence-corrected chi connectivity index (χ3v) is 14.8. The number of aromatic nitrogens is 2. The van der Waals surface area contributed by atoms with Gasteiger partial charge in [-0.1, -0.05) is 46.4 Å². The normalized spacial score (nSPS) is 14.2. The van der Waals surface area contributed by atoms with Gasteiger partial charge in [-0.3, -0.25) is 4.55 Å². The lowest BCUT2D eigenvalue weighted by Gasteiger charge is -2.15. The molecule has 314 valence electrons. The summed E-state index contributed by atoms with van der Waals surface area (Å²) in [6.45, 7) is 2.01. The number of halogens is 6. The molecule has 8 rings (SSSR count). The fourth-order valence-corrected chi connectivity index (χ4v) is 11.3. The lowest BCUT2D eigenvalue weighted by Crippen LogP contribution is -2.20. The summed E-state index contributed by atoms with van der Waals surface area (Å²) in [6.07, 6.45) is 9.91. The molecule has 60 heavy (non-hydrogen) atoms. The molecule has 0 saturated heterocycles. The number of benzene rings is 2. The Hall–Kier alpha value is -3.63. The summed E-state index contributed by atoms with van der Waals surface area (Å²) in [5, 5.41) is 3.67. The molecule has 0 unspecified atom stereocenters. The summed E-state index contributed by atoms with van der Waals surface area (Å²) >= 11 is 28.0. The fraction of sp³-hybridized carbons (Fsp3) is 0.256. The van der Waals surface area contributed by atoms with Crippen LogP contribution in [0.2, 0.25) is 20.1 Å². The topological polar surface area (TPSA) is 85.9 Å². The number of hydrogen-bond acceptors (Lipinski definition) is 7. The van der Waals surface area contributed by atoms with Crippen LogP contribution in [0.4, 0.5) is 8.78 Å². The van der Waals surface area contributed by atoms with Gasteiger partial charge in [-0.15, -0.1) is 22.7 Å². The number of thiophene rings is 2. The van der Waals surface area contributed by atoms with Crippen LogP contribution in [0.15, 0.2) is 82.7 Å². The molecule has 0 aliphatic carbocycles. The summed E-state index contributed by atoms with van der Waals surface area (Å²) in [6, 6.07) is 13.4. The van der Waals surface area contributed by atoms with Crippen molar-refractivity contribution in [3.63, 3.8) is 0 Å². The van der Waals surface area contributed by atoms with E-state index in [0.717, 1.165) is 46.2 Å². The van der Waals surface area contributed by atoms with Gasteiger partial charge in [-0.05, 0) is 117 Å². The Kier molecular flexibility index (Phi) is 12.9. The second-order valence-corrected chi connectivity index (χ2v) is 19.7. The van der Waals surface area contributed by atoms with E-state index in [1.807, 2.05) is 35.3 Å². The van der Waals surface area contributed by atoms with E-state index < -0.39 is 15.9 Å². The Morgan fingerprint density at radius 3 is 1.82 bits per heavy atom. The van der Waals surface area contributed by atoms with Crippen molar-refractivity contribution in [2.24, 2.45) is 0 Å². The Labute approximate surface area is 374 Å². The molecular formula is C43H37Cl4F2N3O5S3. The fourth-order valence-electron chi connectivity index (χ4n) is 7.61. The minimum absolute atomic E-state index is 0.169. The van der Waals surface area contributed by atoms with Gasteiger partial charge < -0.3 is 23.5 Å².